The Labute approximate surface area is 118 Å². The predicted molar refractivity (Wildman–Crippen MR) is 66.7 cm³/mol. The van der Waals surface area contributed by atoms with Crippen LogP contribution in [0.1, 0.15) is 16.8 Å². The molecule has 0 saturated carbocycles. The Morgan fingerprint density at radius 1 is 1.42 bits per heavy atom. The molecule has 0 aromatic carbocycles. The minimum atomic E-state index is -0.870. The number of amides is 2. The second-order valence-electron chi connectivity index (χ2n) is 4.14. The van der Waals surface area contributed by atoms with Crippen LogP contribution in [0.5, 0.6) is 0 Å². The lowest BCUT2D eigenvalue weighted by molar-refractivity contribution is -0.121. The van der Waals surface area contributed by atoms with Crippen LogP contribution in [0.4, 0.5) is 0 Å². The second kappa shape index (κ2) is 5.28. The van der Waals surface area contributed by atoms with Gasteiger partial charge in [0.15, 0.2) is 10.3 Å². The van der Waals surface area contributed by atoms with Crippen LogP contribution in [0.15, 0.2) is 6.07 Å². The number of primary amides is 1. The van der Waals surface area contributed by atoms with E-state index in [9.17, 15) is 14.7 Å². The van der Waals surface area contributed by atoms with Gasteiger partial charge in [0.2, 0.25) is 5.91 Å². The summed E-state index contributed by atoms with van der Waals surface area (Å²) in [6.45, 7) is 0.00269. The molecule has 1 aliphatic heterocycles. The Balaban J connectivity index is 2.33. The summed E-state index contributed by atoms with van der Waals surface area (Å²) in [6, 6.07) is 0.382. The molecule has 1 aromatic heterocycles. The highest BCUT2D eigenvalue weighted by molar-refractivity contribution is 6.34. The molecule has 0 aliphatic carbocycles. The van der Waals surface area contributed by atoms with Gasteiger partial charge < -0.3 is 15.7 Å². The third-order valence-corrected chi connectivity index (χ3v) is 3.28. The third kappa shape index (κ3) is 2.78. The lowest BCUT2D eigenvalue weighted by atomic mass is 10.2. The van der Waals surface area contributed by atoms with Crippen molar-refractivity contribution in [3.8, 4) is 0 Å². The number of aliphatic hydroxyl groups is 1. The summed E-state index contributed by atoms with van der Waals surface area (Å²) in [5, 5.41) is 16.4. The Bertz CT molecular complexity index is 540. The molecule has 1 aliphatic rings. The van der Waals surface area contributed by atoms with E-state index in [1.165, 1.54) is 6.07 Å². The van der Waals surface area contributed by atoms with Crippen LogP contribution < -0.4 is 5.73 Å². The average Bonchev–Trinajstić information content (AvgIpc) is 2.74. The van der Waals surface area contributed by atoms with Crippen LogP contribution in [-0.2, 0) is 4.79 Å². The number of rotatable bonds is 2. The molecule has 3 N–H and O–H groups in total. The van der Waals surface area contributed by atoms with Crippen molar-refractivity contribution in [2.75, 3.05) is 6.54 Å². The van der Waals surface area contributed by atoms with E-state index in [1.807, 2.05) is 0 Å². The number of nitrogens with two attached hydrogens (primary N) is 1. The summed E-state index contributed by atoms with van der Waals surface area (Å²) in [7, 11) is 0. The van der Waals surface area contributed by atoms with Crippen LogP contribution >= 0.6 is 23.2 Å². The van der Waals surface area contributed by atoms with Gasteiger partial charge in [0.05, 0.1) is 11.7 Å². The standard InChI is InChI=1S/C10H10Cl2N4O3/c11-7-2-5(8(12)15-14-7)10(19)16-3-4(17)1-6(16)9(13)18/h2,4,6,17H,1,3H2,(H2,13,18). The maximum atomic E-state index is 12.3. The summed E-state index contributed by atoms with van der Waals surface area (Å²) in [4.78, 5) is 24.7. The van der Waals surface area contributed by atoms with E-state index in [0.29, 0.717) is 0 Å². The van der Waals surface area contributed by atoms with E-state index >= 15 is 0 Å². The third-order valence-electron chi connectivity index (χ3n) is 2.82. The molecule has 2 atom stereocenters. The first kappa shape index (κ1) is 14.0. The topological polar surface area (TPSA) is 109 Å². The van der Waals surface area contributed by atoms with Gasteiger partial charge in [0, 0.05) is 13.0 Å². The van der Waals surface area contributed by atoms with Crippen LogP contribution in [0.2, 0.25) is 10.3 Å². The first-order chi connectivity index (χ1) is 8.90. The highest BCUT2D eigenvalue weighted by Crippen LogP contribution is 2.24. The maximum absolute atomic E-state index is 12.3. The van der Waals surface area contributed by atoms with Gasteiger partial charge in [-0.2, -0.15) is 0 Å². The highest BCUT2D eigenvalue weighted by atomic mass is 35.5. The number of hydrogen-bond acceptors (Lipinski definition) is 5. The summed E-state index contributed by atoms with van der Waals surface area (Å²) >= 11 is 11.4. The van der Waals surface area contributed by atoms with Crippen molar-refractivity contribution >= 4 is 35.0 Å². The van der Waals surface area contributed by atoms with Gasteiger partial charge >= 0.3 is 0 Å². The molecule has 2 unspecified atom stereocenters. The van der Waals surface area contributed by atoms with Gasteiger partial charge in [-0.1, -0.05) is 23.2 Å². The molecule has 9 heteroatoms. The minimum Gasteiger partial charge on any atom is -0.391 e. The minimum absolute atomic E-state index is 0.00269. The van der Waals surface area contributed by atoms with Crippen molar-refractivity contribution < 1.29 is 14.7 Å². The fraction of sp³-hybridized carbons (Fsp3) is 0.400. The van der Waals surface area contributed by atoms with Gasteiger partial charge in [-0.3, -0.25) is 9.59 Å². The van der Waals surface area contributed by atoms with E-state index in [2.05, 4.69) is 10.2 Å². The summed E-state index contributed by atoms with van der Waals surface area (Å²) < 4.78 is 0. The molecule has 1 aromatic rings. The van der Waals surface area contributed by atoms with Crippen molar-refractivity contribution in [3.05, 3.63) is 21.9 Å². The zero-order valence-electron chi connectivity index (χ0n) is 9.58. The number of β-amino-alcohol motifs (C(OH)–C–C–N with tert-alkyl or cyclic N) is 1. The van der Waals surface area contributed by atoms with Crippen molar-refractivity contribution in [2.24, 2.45) is 5.73 Å². The summed E-state index contributed by atoms with van der Waals surface area (Å²) in [5.41, 5.74) is 5.22. The predicted octanol–water partition coefficient (Wildman–Crippen LogP) is -0.156. The smallest absolute Gasteiger partial charge is 0.257 e. The van der Waals surface area contributed by atoms with Crippen LogP contribution in [-0.4, -0.2) is 50.7 Å². The molecule has 0 spiro atoms. The highest BCUT2D eigenvalue weighted by Gasteiger charge is 2.38. The zero-order valence-corrected chi connectivity index (χ0v) is 11.1. The van der Waals surface area contributed by atoms with Crippen LogP contribution in [0.3, 0.4) is 0 Å². The van der Waals surface area contributed by atoms with Crippen LogP contribution in [0, 0.1) is 0 Å². The second-order valence-corrected chi connectivity index (χ2v) is 4.88. The number of aromatic nitrogens is 2. The number of aliphatic hydroxyl groups excluding tert-OH is 1. The summed E-state index contributed by atoms with van der Waals surface area (Å²) in [6.07, 6.45) is -0.698. The largest absolute Gasteiger partial charge is 0.391 e. The first-order valence-electron chi connectivity index (χ1n) is 5.37. The van der Waals surface area contributed by atoms with Gasteiger partial charge in [-0.25, -0.2) is 0 Å². The molecule has 2 rings (SSSR count). The lowest BCUT2D eigenvalue weighted by Crippen LogP contribution is -2.43. The Morgan fingerprint density at radius 2 is 2.11 bits per heavy atom. The fourth-order valence-electron chi connectivity index (χ4n) is 1.97. The number of carbonyl (C=O) groups is 2. The van der Waals surface area contributed by atoms with E-state index in [-0.39, 0.29) is 28.8 Å². The fourth-order valence-corrected chi connectivity index (χ4v) is 2.29. The lowest BCUT2D eigenvalue weighted by Gasteiger charge is -2.22. The molecule has 2 heterocycles. The average molecular weight is 305 g/mol. The zero-order chi connectivity index (χ0) is 14.2. The molecule has 0 bridgehead atoms. The molecule has 7 nitrogen and oxygen atoms in total. The molecule has 102 valence electrons. The van der Waals surface area contributed by atoms with Gasteiger partial charge in [-0.05, 0) is 6.07 Å². The molecule has 19 heavy (non-hydrogen) atoms. The van der Waals surface area contributed by atoms with E-state index in [4.69, 9.17) is 28.9 Å². The summed E-state index contributed by atoms with van der Waals surface area (Å²) in [5.74, 6) is -1.25. The maximum Gasteiger partial charge on any atom is 0.257 e. The first-order valence-corrected chi connectivity index (χ1v) is 6.13. The Hall–Kier alpha value is -1.44. The number of halogens is 2. The number of hydrogen-bond donors (Lipinski definition) is 2. The van der Waals surface area contributed by atoms with E-state index in [0.717, 1.165) is 4.90 Å². The molecule has 2 amide bonds. The van der Waals surface area contributed by atoms with Gasteiger partial charge in [0.1, 0.15) is 6.04 Å². The molecular formula is C10H10Cl2N4O3. The number of likely N-dealkylation sites (tertiary alicyclic amines) is 1. The SMILES string of the molecule is NC(=O)C1CC(O)CN1C(=O)c1cc(Cl)nnc1Cl. The quantitative estimate of drug-likeness (QED) is 0.789. The Kier molecular flexibility index (Phi) is 3.88. The Morgan fingerprint density at radius 3 is 2.74 bits per heavy atom. The van der Waals surface area contributed by atoms with Gasteiger partial charge in [-0.15, -0.1) is 10.2 Å². The normalized spacial score (nSPS) is 22.6. The molecule has 0 radical (unpaired) electrons. The molecular weight excluding hydrogens is 295 g/mol. The van der Waals surface area contributed by atoms with Gasteiger partial charge in [0.25, 0.3) is 5.91 Å². The molecule has 1 saturated heterocycles. The van der Waals surface area contributed by atoms with Crippen molar-refractivity contribution in [2.45, 2.75) is 18.6 Å². The van der Waals surface area contributed by atoms with E-state index in [1.54, 1.807) is 0 Å². The van der Waals surface area contributed by atoms with E-state index < -0.39 is 24.0 Å². The van der Waals surface area contributed by atoms with Crippen molar-refractivity contribution in [1.82, 2.24) is 15.1 Å². The number of nitrogens with zero attached hydrogens (tertiary/aromatic N) is 3. The van der Waals surface area contributed by atoms with Crippen molar-refractivity contribution in [1.29, 1.82) is 0 Å². The molecule has 1 fully saturated rings. The van der Waals surface area contributed by atoms with Crippen molar-refractivity contribution in [3.63, 3.8) is 0 Å². The monoisotopic (exact) mass is 304 g/mol. The number of carbonyl (C=O) groups excluding carboxylic acids is 2. The van der Waals surface area contributed by atoms with Crippen LogP contribution in [0.25, 0.3) is 0 Å².